The lowest BCUT2D eigenvalue weighted by atomic mass is 10.2. The SMILES string of the molecule is CCn1cnc2c(Nc3ccc(OCc4ccccc4)cc3)ncnc21. The summed E-state index contributed by atoms with van der Waals surface area (Å²) < 4.78 is 7.81. The topological polar surface area (TPSA) is 64.9 Å². The summed E-state index contributed by atoms with van der Waals surface area (Å²) in [5.74, 6) is 1.52. The fourth-order valence-electron chi connectivity index (χ4n) is 2.72. The van der Waals surface area contributed by atoms with Gasteiger partial charge in [-0.2, -0.15) is 0 Å². The van der Waals surface area contributed by atoms with E-state index in [9.17, 15) is 0 Å². The van der Waals surface area contributed by atoms with Crippen LogP contribution < -0.4 is 10.1 Å². The Hall–Kier alpha value is -3.41. The van der Waals surface area contributed by atoms with Gasteiger partial charge < -0.3 is 14.6 Å². The van der Waals surface area contributed by atoms with Gasteiger partial charge in [-0.05, 0) is 36.8 Å². The van der Waals surface area contributed by atoms with E-state index in [1.165, 1.54) is 0 Å². The molecule has 1 N–H and O–H groups in total. The van der Waals surface area contributed by atoms with E-state index < -0.39 is 0 Å². The lowest BCUT2D eigenvalue weighted by Gasteiger charge is -2.09. The third-order valence-electron chi connectivity index (χ3n) is 4.11. The molecule has 0 unspecified atom stereocenters. The molecule has 0 atom stereocenters. The average Bonchev–Trinajstić information content (AvgIpc) is 3.12. The van der Waals surface area contributed by atoms with Gasteiger partial charge in [0.15, 0.2) is 17.0 Å². The Balaban J connectivity index is 1.47. The Labute approximate surface area is 151 Å². The van der Waals surface area contributed by atoms with Gasteiger partial charge in [-0.25, -0.2) is 15.0 Å². The van der Waals surface area contributed by atoms with Gasteiger partial charge in [-0.3, -0.25) is 0 Å². The zero-order valence-electron chi connectivity index (χ0n) is 14.5. The Morgan fingerprint density at radius 1 is 0.962 bits per heavy atom. The minimum Gasteiger partial charge on any atom is -0.489 e. The van der Waals surface area contributed by atoms with Crippen molar-refractivity contribution in [3.05, 3.63) is 72.8 Å². The molecule has 130 valence electrons. The summed E-state index contributed by atoms with van der Waals surface area (Å²) >= 11 is 0. The summed E-state index contributed by atoms with van der Waals surface area (Å²) in [6.07, 6.45) is 3.33. The molecular weight excluding hydrogens is 326 g/mol. The van der Waals surface area contributed by atoms with E-state index in [0.29, 0.717) is 12.4 Å². The molecular formula is C20H19N5O. The first kappa shape index (κ1) is 16.1. The summed E-state index contributed by atoms with van der Waals surface area (Å²) in [4.78, 5) is 13.0. The van der Waals surface area contributed by atoms with E-state index in [0.717, 1.165) is 34.7 Å². The number of anilines is 2. The minimum absolute atomic E-state index is 0.550. The molecule has 0 fully saturated rings. The number of fused-ring (bicyclic) bond motifs is 1. The lowest BCUT2D eigenvalue weighted by molar-refractivity contribution is 0.306. The van der Waals surface area contributed by atoms with Crippen LogP contribution in [0.1, 0.15) is 12.5 Å². The number of ether oxygens (including phenoxy) is 1. The van der Waals surface area contributed by atoms with Crippen LogP contribution in [0.5, 0.6) is 5.75 Å². The summed E-state index contributed by atoms with van der Waals surface area (Å²) in [7, 11) is 0. The molecule has 4 aromatic rings. The van der Waals surface area contributed by atoms with Crippen LogP contribution in [0.4, 0.5) is 11.5 Å². The molecule has 0 aliphatic heterocycles. The number of benzene rings is 2. The van der Waals surface area contributed by atoms with Gasteiger partial charge in [-0.15, -0.1) is 0 Å². The maximum Gasteiger partial charge on any atom is 0.165 e. The van der Waals surface area contributed by atoms with Crippen LogP contribution in [-0.4, -0.2) is 19.5 Å². The van der Waals surface area contributed by atoms with Gasteiger partial charge in [0.25, 0.3) is 0 Å². The minimum atomic E-state index is 0.550. The van der Waals surface area contributed by atoms with Crippen molar-refractivity contribution in [1.29, 1.82) is 0 Å². The molecule has 0 saturated carbocycles. The lowest BCUT2D eigenvalue weighted by Crippen LogP contribution is -1.98. The van der Waals surface area contributed by atoms with E-state index in [2.05, 4.69) is 27.2 Å². The monoisotopic (exact) mass is 345 g/mol. The highest BCUT2D eigenvalue weighted by Gasteiger charge is 2.09. The predicted molar refractivity (Wildman–Crippen MR) is 101 cm³/mol. The van der Waals surface area contributed by atoms with E-state index >= 15 is 0 Å². The molecule has 0 amide bonds. The molecule has 0 aliphatic carbocycles. The Kier molecular flexibility index (Phi) is 4.47. The van der Waals surface area contributed by atoms with Crippen LogP contribution in [-0.2, 0) is 13.2 Å². The van der Waals surface area contributed by atoms with Gasteiger partial charge >= 0.3 is 0 Å². The van der Waals surface area contributed by atoms with Crippen molar-refractivity contribution >= 4 is 22.7 Å². The molecule has 2 aromatic heterocycles. The number of nitrogens with zero attached hydrogens (tertiary/aromatic N) is 4. The van der Waals surface area contributed by atoms with Crippen molar-refractivity contribution in [1.82, 2.24) is 19.5 Å². The summed E-state index contributed by atoms with van der Waals surface area (Å²) in [5, 5.41) is 3.30. The van der Waals surface area contributed by atoms with Crippen molar-refractivity contribution in [2.75, 3.05) is 5.32 Å². The molecule has 4 rings (SSSR count). The van der Waals surface area contributed by atoms with Gasteiger partial charge in [0.1, 0.15) is 18.7 Å². The van der Waals surface area contributed by atoms with E-state index in [-0.39, 0.29) is 0 Å². The normalized spacial score (nSPS) is 10.8. The Morgan fingerprint density at radius 2 is 1.77 bits per heavy atom. The van der Waals surface area contributed by atoms with Gasteiger partial charge in [0, 0.05) is 12.2 Å². The summed E-state index contributed by atoms with van der Waals surface area (Å²) in [5.41, 5.74) is 3.65. The van der Waals surface area contributed by atoms with Crippen LogP contribution in [0.25, 0.3) is 11.2 Å². The van der Waals surface area contributed by atoms with E-state index in [1.807, 2.05) is 59.2 Å². The second-order valence-electron chi connectivity index (χ2n) is 5.85. The smallest absolute Gasteiger partial charge is 0.165 e. The molecule has 0 saturated heterocycles. The van der Waals surface area contributed by atoms with E-state index in [1.54, 1.807) is 12.7 Å². The Morgan fingerprint density at radius 3 is 2.54 bits per heavy atom. The molecule has 0 spiro atoms. The molecule has 0 aliphatic rings. The summed E-state index contributed by atoms with van der Waals surface area (Å²) in [6.45, 7) is 3.43. The fraction of sp³-hybridized carbons (Fsp3) is 0.150. The first-order valence-corrected chi connectivity index (χ1v) is 8.53. The van der Waals surface area contributed by atoms with Crippen LogP contribution in [0.2, 0.25) is 0 Å². The average molecular weight is 345 g/mol. The number of hydrogen-bond donors (Lipinski definition) is 1. The van der Waals surface area contributed by atoms with Crippen molar-refractivity contribution in [2.24, 2.45) is 0 Å². The van der Waals surface area contributed by atoms with Crippen molar-refractivity contribution in [3.8, 4) is 5.75 Å². The van der Waals surface area contributed by atoms with Crippen LogP contribution in [0.3, 0.4) is 0 Å². The molecule has 0 bridgehead atoms. The third kappa shape index (κ3) is 3.35. The molecule has 26 heavy (non-hydrogen) atoms. The van der Waals surface area contributed by atoms with Crippen LogP contribution in [0.15, 0.2) is 67.3 Å². The molecule has 6 nitrogen and oxygen atoms in total. The summed E-state index contributed by atoms with van der Waals surface area (Å²) in [6, 6.07) is 17.9. The zero-order chi connectivity index (χ0) is 17.8. The maximum absolute atomic E-state index is 5.82. The van der Waals surface area contributed by atoms with Gasteiger partial charge in [0.2, 0.25) is 0 Å². The highest BCUT2D eigenvalue weighted by atomic mass is 16.5. The standard InChI is InChI=1S/C20H19N5O/c1-2-25-14-23-18-19(21-13-22-20(18)25)24-16-8-10-17(11-9-16)26-12-15-6-4-3-5-7-15/h3-11,13-14H,2,12H2,1H3,(H,21,22,24). The highest BCUT2D eigenvalue weighted by Crippen LogP contribution is 2.23. The van der Waals surface area contributed by atoms with Crippen LogP contribution in [0, 0.1) is 0 Å². The number of aromatic nitrogens is 4. The number of rotatable bonds is 6. The second-order valence-corrected chi connectivity index (χ2v) is 5.85. The number of aryl methyl sites for hydroxylation is 1. The second kappa shape index (κ2) is 7.23. The zero-order valence-corrected chi connectivity index (χ0v) is 14.5. The largest absolute Gasteiger partial charge is 0.489 e. The van der Waals surface area contributed by atoms with Crippen molar-refractivity contribution in [3.63, 3.8) is 0 Å². The predicted octanol–water partition coefficient (Wildman–Crippen LogP) is 4.17. The first-order valence-electron chi connectivity index (χ1n) is 8.53. The molecule has 2 heterocycles. The number of hydrogen-bond acceptors (Lipinski definition) is 5. The Bertz CT molecular complexity index is 996. The van der Waals surface area contributed by atoms with Crippen LogP contribution >= 0.6 is 0 Å². The maximum atomic E-state index is 5.82. The van der Waals surface area contributed by atoms with Crippen molar-refractivity contribution < 1.29 is 4.74 Å². The van der Waals surface area contributed by atoms with E-state index in [4.69, 9.17) is 4.74 Å². The number of imidazole rings is 1. The third-order valence-corrected chi connectivity index (χ3v) is 4.11. The molecule has 6 heteroatoms. The highest BCUT2D eigenvalue weighted by molar-refractivity contribution is 5.85. The van der Waals surface area contributed by atoms with Gasteiger partial charge in [0.05, 0.1) is 6.33 Å². The molecule has 2 aromatic carbocycles. The molecule has 0 radical (unpaired) electrons. The van der Waals surface area contributed by atoms with Gasteiger partial charge in [-0.1, -0.05) is 30.3 Å². The first-order chi connectivity index (χ1) is 12.8. The quantitative estimate of drug-likeness (QED) is 0.568. The van der Waals surface area contributed by atoms with Crippen molar-refractivity contribution in [2.45, 2.75) is 20.1 Å². The fourth-order valence-corrected chi connectivity index (χ4v) is 2.72. The number of nitrogens with one attached hydrogen (secondary N) is 1.